The van der Waals surface area contributed by atoms with E-state index in [0.29, 0.717) is 22.0 Å². The van der Waals surface area contributed by atoms with Crippen molar-refractivity contribution in [3.05, 3.63) is 89.1 Å². The van der Waals surface area contributed by atoms with Crippen LogP contribution in [0, 0.1) is 11.6 Å². The number of halogens is 3. The highest BCUT2D eigenvalue weighted by molar-refractivity contribution is 6.32. The molecule has 188 valence electrons. The second kappa shape index (κ2) is 12.3. The SMILES string of the molecule is C.C.C.CC(=O)N[C@@H](C)[C@H](Oc1cc2cnn(-c3ccc(F)cc3)c2cc1Cl)c1ccc(F)cc1. The maximum Gasteiger partial charge on any atom is 0.217 e. The van der Waals surface area contributed by atoms with Gasteiger partial charge in [-0.2, -0.15) is 5.10 Å². The second-order valence-electron chi connectivity index (χ2n) is 7.45. The number of hydrogen-bond donors (Lipinski definition) is 1. The first-order valence-corrected chi connectivity index (χ1v) is 10.3. The van der Waals surface area contributed by atoms with E-state index in [2.05, 4.69) is 10.4 Å². The van der Waals surface area contributed by atoms with Gasteiger partial charge < -0.3 is 10.1 Å². The predicted molar refractivity (Wildman–Crippen MR) is 139 cm³/mol. The minimum absolute atomic E-state index is 0. The van der Waals surface area contributed by atoms with Crippen molar-refractivity contribution in [1.29, 1.82) is 0 Å². The standard InChI is InChI=1S/C24H20ClF2N3O2.3CH4/c1-14(29-15(2)31)24(16-3-5-18(26)6-4-16)32-23-11-17-13-28-30(22(17)12-21(23)25)20-9-7-19(27)8-10-20;;;/h3-14,24H,1-2H3,(H,29,31);3*1H4/t14-,24-;;;/m0.../s1. The number of benzene rings is 3. The Morgan fingerprint density at radius 1 is 1.00 bits per heavy atom. The monoisotopic (exact) mass is 503 g/mol. The van der Waals surface area contributed by atoms with Crippen LogP contribution in [0.15, 0.2) is 66.9 Å². The Morgan fingerprint density at radius 3 is 2.14 bits per heavy atom. The Kier molecular flexibility index (Phi) is 10.4. The van der Waals surface area contributed by atoms with E-state index in [-0.39, 0.29) is 39.8 Å². The molecule has 1 amide bonds. The van der Waals surface area contributed by atoms with Crippen molar-refractivity contribution in [2.75, 3.05) is 0 Å². The number of aromatic nitrogens is 2. The van der Waals surface area contributed by atoms with Crippen LogP contribution in [0.4, 0.5) is 8.78 Å². The van der Waals surface area contributed by atoms with Crippen molar-refractivity contribution in [2.45, 2.75) is 48.3 Å². The molecule has 2 atom stereocenters. The summed E-state index contributed by atoms with van der Waals surface area (Å²) in [4.78, 5) is 11.6. The van der Waals surface area contributed by atoms with Gasteiger partial charge in [-0.1, -0.05) is 46.0 Å². The summed E-state index contributed by atoms with van der Waals surface area (Å²) in [5.74, 6) is -0.522. The number of fused-ring (bicyclic) bond motifs is 1. The van der Waals surface area contributed by atoms with Gasteiger partial charge in [0.2, 0.25) is 5.91 Å². The molecule has 4 aromatic rings. The molecule has 0 aliphatic carbocycles. The van der Waals surface area contributed by atoms with Gasteiger partial charge in [0.1, 0.15) is 23.5 Å². The van der Waals surface area contributed by atoms with Gasteiger partial charge in [0, 0.05) is 12.3 Å². The van der Waals surface area contributed by atoms with E-state index in [4.69, 9.17) is 16.3 Å². The van der Waals surface area contributed by atoms with Crippen LogP contribution >= 0.6 is 11.6 Å². The number of hydrogen-bond acceptors (Lipinski definition) is 3. The van der Waals surface area contributed by atoms with Crippen molar-refractivity contribution >= 4 is 28.4 Å². The Hall–Kier alpha value is -3.45. The zero-order chi connectivity index (χ0) is 22.8. The number of nitrogens with zero attached hydrogens (tertiary/aromatic N) is 2. The summed E-state index contributed by atoms with van der Waals surface area (Å²) in [5.41, 5.74) is 2.10. The normalized spacial score (nSPS) is 11.9. The molecular formula is C27H32ClF2N3O2. The average molecular weight is 504 g/mol. The quantitative estimate of drug-likeness (QED) is 0.296. The lowest BCUT2D eigenvalue weighted by Gasteiger charge is -2.26. The Morgan fingerprint density at radius 2 is 1.57 bits per heavy atom. The number of rotatable bonds is 6. The van der Waals surface area contributed by atoms with Crippen LogP contribution in [0.25, 0.3) is 16.6 Å². The zero-order valence-corrected chi connectivity index (χ0v) is 18.1. The molecule has 1 N–H and O–H groups in total. The van der Waals surface area contributed by atoms with Gasteiger partial charge in [-0.25, -0.2) is 13.5 Å². The first kappa shape index (κ1) is 29.6. The van der Waals surface area contributed by atoms with Crippen molar-refractivity contribution in [3.63, 3.8) is 0 Å². The third kappa shape index (κ3) is 6.57. The smallest absolute Gasteiger partial charge is 0.217 e. The van der Waals surface area contributed by atoms with Crippen molar-refractivity contribution in [1.82, 2.24) is 15.1 Å². The molecule has 5 nitrogen and oxygen atoms in total. The molecule has 0 radical (unpaired) electrons. The lowest BCUT2D eigenvalue weighted by Crippen LogP contribution is -2.38. The largest absolute Gasteiger partial charge is 0.482 e. The van der Waals surface area contributed by atoms with Crippen LogP contribution in [0.3, 0.4) is 0 Å². The van der Waals surface area contributed by atoms with Gasteiger partial charge in [0.05, 0.1) is 28.5 Å². The average Bonchev–Trinajstić information content (AvgIpc) is 3.15. The van der Waals surface area contributed by atoms with Crippen LogP contribution in [-0.4, -0.2) is 21.7 Å². The summed E-state index contributed by atoms with van der Waals surface area (Å²) in [5, 5.41) is 8.29. The molecule has 0 bridgehead atoms. The summed E-state index contributed by atoms with van der Waals surface area (Å²) < 4.78 is 34.6. The van der Waals surface area contributed by atoms with Gasteiger partial charge >= 0.3 is 0 Å². The molecule has 0 saturated heterocycles. The second-order valence-corrected chi connectivity index (χ2v) is 7.86. The first-order chi connectivity index (χ1) is 15.3. The van der Waals surface area contributed by atoms with E-state index >= 15 is 0 Å². The number of amides is 1. The fourth-order valence-corrected chi connectivity index (χ4v) is 3.75. The summed E-state index contributed by atoms with van der Waals surface area (Å²) in [6, 6.07) is 14.9. The topological polar surface area (TPSA) is 56.1 Å². The zero-order valence-electron chi connectivity index (χ0n) is 17.4. The molecule has 0 aliphatic rings. The molecule has 0 unspecified atom stereocenters. The van der Waals surface area contributed by atoms with E-state index < -0.39 is 12.1 Å². The maximum absolute atomic E-state index is 13.4. The molecule has 3 aromatic carbocycles. The van der Waals surface area contributed by atoms with E-state index in [1.165, 1.54) is 31.2 Å². The number of carbonyl (C=O) groups excluding carboxylic acids is 1. The first-order valence-electron chi connectivity index (χ1n) is 9.94. The van der Waals surface area contributed by atoms with Gasteiger partial charge in [0.15, 0.2) is 0 Å². The van der Waals surface area contributed by atoms with Gasteiger partial charge in [-0.15, -0.1) is 0 Å². The fraction of sp³-hybridized carbons (Fsp3) is 0.259. The molecule has 1 heterocycles. The summed E-state index contributed by atoms with van der Waals surface area (Å²) in [7, 11) is 0. The molecule has 0 saturated carbocycles. The third-order valence-electron chi connectivity index (χ3n) is 5.03. The summed E-state index contributed by atoms with van der Waals surface area (Å²) in [6.45, 7) is 3.22. The van der Waals surface area contributed by atoms with Gasteiger partial charge in [0.25, 0.3) is 0 Å². The van der Waals surface area contributed by atoms with Crippen LogP contribution < -0.4 is 10.1 Å². The summed E-state index contributed by atoms with van der Waals surface area (Å²) in [6.07, 6.45) is 1.05. The molecule has 0 aliphatic heterocycles. The van der Waals surface area contributed by atoms with Crippen LogP contribution in [-0.2, 0) is 4.79 Å². The maximum atomic E-state index is 13.4. The number of nitrogens with one attached hydrogen (secondary N) is 1. The van der Waals surface area contributed by atoms with Gasteiger partial charge in [-0.05, 0) is 61.0 Å². The lowest BCUT2D eigenvalue weighted by atomic mass is 10.0. The van der Waals surface area contributed by atoms with E-state index in [1.807, 2.05) is 0 Å². The third-order valence-corrected chi connectivity index (χ3v) is 5.33. The number of ether oxygens (including phenoxy) is 1. The molecule has 35 heavy (non-hydrogen) atoms. The predicted octanol–water partition coefficient (Wildman–Crippen LogP) is 7.51. The Labute approximate surface area is 210 Å². The number of carbonyl (C=O) groups is 1. The van der Waals surface area contributed by atoms with E-state index in [1.54, 1.807) is 54.2 Å². The molecule has 8 heteroatoms. The molecule has 1 aromatic heterocycles. The molecule has 0 spiro atoms. The molecule has 0 fully saturated rings. The van der Waals surface area contributed by atoms with E-state index in [0.717, 1.165) is 10.9 Å². The minimum atomic E-state index is -0.610. The van der Waals surface area contributed by atoms with E-state index in [9.17, 15) is 13.6 Å². The summed E-state index contributed by atoms with van der Waals surface area (Å²) >= 11 is 6.54. The van der Waals surface area contributed by atoms with Crippen molar-refractivity contribution in [2.24, 2.45) is 0 Å². The Balaban J connectivity index is 0.00000204. The lowest BCUT2D eigenvalue weighted by molar-refractivity contribution is -0.120. The van der Waals surface area contributed by atoms with Crippen LogP contribution in [0.2, 0.25) is 5.02 Å². The fourth-order valence-electron chi connectivity index (χ4n) is 3.55. The van der Waals surface area contributed by atoms with Crippen LogP contribution in [0.5, 0.6) is 5.75 Å². The molecular weight excluding hydrogens is 472 g/mol. The highest BCUT2D eigenvalue weighted by atomic mass is 35.5. The molecule has 4 rings (SSSR count). The van der Waals surface area contributed by atoms with Crippen LogP contribution in [0.1, 0.15) is 47.8 Å². The minimum Gasteiger partial charge on any atom is -0.482 e. The van der Waals surface area contributed by atoms with Crippen molar-refractivity contribution in [3.8, 4) is 11.4 Å². The highest BCUT2D eigenvalue weighted by Gasteiger charge is 2.24. The Bertz CT molecular complexity index is 1260. The van der Waals surface area contributed by atoms with Gasteiger partial charge in [-0.3, -0.25) is 4.79 Å². The van der Waals surface area contributed by atoms with Crippen molar-refractivity contribution < 1.29 is 18.3 Å². The highest BCUT2D eigenvalue weighted by Crippen LogP contribution is 2.35.